The average molecular weight is 340 g/mol. The highest BCUT2D eigenvalue weighted by atomic mass is 79.9. The third-order valence-electron chi connectivity index (χ3n) is 4.14. The average Bonchev–Trinajstić information content (AvgIpc) is 2.90. The van der Waals surface area contributed by atoms with Gasteiger partial charge in [-0.05, 0) is 48.8 Å². The highest BCUT2D eigenvalue weighted by Crippen LogP contribution is 2.30. The standard InChI is InChI=1S/C16H22BrNO2/c17-15-6-1-3-12(9-15)7-8-16(20)18-10-13-4-2-5-14(13)11-19/h1,3,6,9,13-14,19H,2,4-5,7-8,10-11H2,(H,18,20). The van der Waals surface area contributed by atoms with Crippen molar-refractivity contribution in [3.8, 4) is 0 Å². The van der Waals surface area contributed by atoms with Crippen LogP contribution in [0.25, 0.3) is 0 Å². The van der Waals surface area contributed by atoms with Crippen LogP contribution < -0.4 is 5.32 Å². The lowest BCUT2D eigenvalue weighted by Crippen LogP contribution is -2.31. The summed E-state index contributed by atoms with van der Waals surface area (Å²) in [5, 5.41) is 12.3. The van der Waals surface area contributed by atoms with Crippen LogP contribution in [0.1, 0.15) is 31.2 Å². The second-order valence-electron chi connectivity index (χ2n) is 5.57. The summed E-state index contributed by atoms with van der Waals surface area (Å²) in [6, 6.07) is 8.06. The van der Waals surface area contributed by atoms with Crippen molar-refractivity contribution in [1.29, 1.82) is 0 Å². The molecule has 0 aromatic heterocycles. The van der Waals surface area contributed by atoms with Crippen molar-refractivity contribution in [3.63, 3.8) is 0 Å². The second-order valence-corrected chi connectivity index (χ2v) is 6.48. The van der Waals surface area contributed by atoms with Crippen LogP contribution >= 0.6 is 15.9 Å². The maximum absolute atomic E-state index is 11.9. The molecule has 1 aromatic rings. The minimum atomic E-state index is 0.105. The lowest BCUT2D eigenvalue weighted by Gasteiger charge is -2.17. The zero-order valence-electron chi connectivity index (χ0n) is 11.6. The first-order valence-electron chi connectivity index (χ1n) is 7.31. The van der Waals surface area contributed by atoms with Crippen molar-refractivity contribution in [2.24, 2.45) is 11.8 Å². The van der Waals surface area contributed by atoms with E-state index in [-0.39, 0.29) is 12.5 Å². The van der Waals surface area contributed by atoms with Gasteiger partial charge in [-0.15, -0.1) is 0 Å². The molecular formula is C16H22BrNO2. The molecule has 20 heavy (non-hydrogen) atoms. The number of amides is 1. The molecule has 3 nitrogen and oxygen atoms in total. The van der Waals surface area contributed by atoms with Gasteiger partial charge in [0.05, 0.1) is 0 Å². The Labute approximate surface area is 128 Å². The van der Waals surface area contributed by atoms with Gasteiger partial charge in [0.2, 0.25) is 5.91 Å². The summed E-state index contributed by atoms with van der Waals surface area (Å²) in [7, 11) is 0. The molecular weight excluding hydrogens is 318 g/mol. The van der Waals surface area contributed by atoms with Gasteiger partial charge in [-0.25, -0.2) is 0 Å². The number of carbonyl (C=O) groups is 1. The molecule has 1 aromatic carbocycles. The van der Waals surface area contributed by atoms with Crippen molar-refractivity contribution in [2.75, 3.05) is 13.2 Å². The Morgan fingerprint density at radius 3 is 2.90 bits per heavy atom. The maximum atomic E-state index is 11.9. The smallest absolute Gasteiger partial charge is 0.220 e. The minimum Gasteiger partial charge on any atom is -0.396 e. The predicted octanol–water partition coefficient (Wildman–Crippen LogP) is 2.91. The maximum Gasteiger partial charge on any atom is 0.220 e. The summed E-state index contributed by atoms with van der Waals surface area (Å²) < 4.78 is 1.05. The van der Waals surface area contributed by atoms with E-state index in [0.29, 0.717) is 24.8 Å². The monoisotopic (exact) mass is 339 g/mol. The number of aryl methyl sites for hydroxylation is 1. The van der Waals surface area contributed by atoms with Gasteiger partial charge >= 0.3 is 0 Å². The number of halogens is 1. The summed E-state index contributed by atoms with van der Waals surface area (Å²) in [6.07, 6.45) is 4.67. The number of rotatable bonds is 6. The van der Waals surface area contributed by atoms with Gasteiger partial charge in [0.25, 0.3) is 0 Å². The largest absolute Gasteiger partial charge is 0.396 e. The number of nitrogens with one attached hydrogen (secondary N) is 1. The number of carbonyl (C=O) groups excluding carboxylic acids is 1. The number of aliphatic hydroxyl groups is 1. The first-order valence-corrected chi connectivity index (χ1v) is 8.10. The SMILES string of the molecule is O=C(CCc1cccc(Br)c1)NCC1CCCC1CO. The van der Waals surface area contributed by atoms with Gasteiger partial charge in [-0.2, -0.15) is 0 Å². The molecule has 2 unspecified atom stereocenters. The Morgan fingerprint density at radius 1 is 1.35 bits per heavy atom. The van der Waals surface area contributed by atoms with E-state index in [1.54, 1.807) is 0 Å². The Kier molecular flexibility index (Phi) is 6.05. The Hall–Kier alpha value is -0.870. The molecule has 1 amide bonds. The molecule has 2 rings (SSSR count). The van der Waals surface area contributed by atoms with E-state index in [4.69, 9.17) is 0 Å². The van der Waals surface area contributed by atoms with Crippen LogP contribution in [0.3, 0.4) is 0 Å². The van der Waals surface area contributed by atoms with Gasteiger partial charge in [0.15, 0.2) is 0 Å². The fourth-order valence-electron chi connectivity index (χ4n) is 2.91. The fourth-order valence-corrected chi connectivity index (χ4v) is 3.35. The van der Waals surface area contributed by atoms with Gasteiger partial charge in [0.1, 0.15) is 0 Å². The van der Waals surface area contributed by atoms with Crippen molar-refractivity contribution in [2.45, 2.75) is 32.1 Å². The number of hydrogen-bond donors (Lipinski definition) is 2. The van der Waals surface area contributed by atoms with Crippen LogP contribution in [0.5, 0.6) is 0 Å². The van der Waals surface area contributed by atoms with Crippen LogP contribution in [-0.2, 0) is 11.2 Å². The molecule has 0 radical (unpaired) electrons. The Balaban J connectivity index is 1.70. The molecule has 2 atom stereocenters. The van der Waals surface area contributed by atoms with Crippen LogP contribution in [0.4, 0.5) is 0 Å². The first kappa shape index (κ1) is 15.5. The number of aliphatic hydroxyl groups excluding tert-OH is 1. The number of hydrogen-bond acceptors (Lipinski definition) is 2. The molecule has 0 spiro atoms. The van der Waals surface area contributed by atoms with E-state index in [1.165, 1.54) is 12.0 Å². The van der Waals surface area contributed by atoms with Crippen LogP contribution in [0.2, 0.25) is 0 Å². The minimum absolute atomic E-state index is 0.105. The molecule has 0 heterocycles. The molecule has 0 saturated heterocycles. The topological polar surface area (TPSA) is 49.3 Å². The van der Waals surface area contributed by atoms with Crippen molar-refractivity contribution < 1.29 is 9.90 Å². The highest BCUT2D eigenvalue weighted by molar-refractivity contribution is 9.10. The van der Waals surface area contributed by atoms with Crippen molar-refractivity contribution in [1.82, 2.24) is 5.32 Å². The lowest BCUT2D eigenvalue weighted by molar-refractivity contribution is -0.121. The zero-order valence-corrected chi connectivity index (χ0v) is 13.2. The Morgan fingerprint density at radius 2 is 2.15 bits per heavy atom. The molecule has 1 aliphatic rings. The zero-order chi connectivity index (χ0) is 14.4. The lowest BCUT2D eigenvalue weighted by atomic mass is 9.97. The van der Waals surface area contributed by atoms with Gasteiger partial charge in [-0.1, -0.05) is 34.5 Å². The summed E-state index contributed by atoms with van der Waals surface area (Å²) in [5.41, 5.74) is 1.17. The van der Waals surface area contributed by atoms with Crippen molar-refractivity contribution >= 4 is 21.8 Å². The molecule has 0 bridgehead atoms. The second kappa shape index (κ2) is 7.79. The molecule has 0 aliphatic heterocycles. The van der Waals surface area contributed by atoms with E-state index in [2.05, 4.69) is 21.2 Å². The molecule has 4 heteroatoms. The van der Waals surface area contributed by atoms with E-state index in [0.717, 1.165) is 23.7 Å². The van der Waals surface area contributed by atoms with Gasteiger partial charge < -0.3 is 10.4 Å². The highest BCUT2D eigenvalue weighted by Gasteiger charge is 2.26. The normalized spacial score (nSPS) is 21.9. The molecule has 1 fully saturated rings. The predicted molar refractivity (Wildman–Crippen MR) is 83.4 cm³/mol. The fraction of sp³-hybridized carbons (Fsp3) is 0.562. The third kappa shape index (κ3) is 4.60. The number of benzene rings is 1. The van der Waals surface area contributed by atoms with E-state index >= 15 is 0 Å². The summed E-state index contributed by atoms with van der Waals surface area (Å²) in [6.45, 7) is 0.959. The van der Waals surface area contributed by atoms with E-state index < -0.39 is 0 Å². The van der Waals surface area contributed by atoms with Crippen LogP contribution in [-0.4, -0.2) is 24.2 Å². The third-order valence-corrected chi connectivity index (χ3v) is 4.64. The summed E-state index contributed by atoms with van der Waals surface area (Å²) in [4.78, 5) is 11.9. The Bertz CT molecular complexity index is 450. The van der Waals surface area contributed by atoms with Gasteiger partial charge in [-0.3, -0.25) is 4.79 Å². The molecule has 110 valence electrons. The van der Waals surface area contributed by atoms with E-state index in [1.807, 2.05) is 24.3 Å². The van der Waals surface area contributed by atoms with Crippen LogP contribution in [0, 0.1) is 11.8 Å². The van der Waals surface area contributed by atoms with Crippen LogP contribution in [0.15, 0.2) is 28.7 Å². The first-order chi connectivity index (χ1) is 9.69. The van der Waals surface area contributed by atoms with E-state index in [9.17, 15) is 9.90 Å². The van der Waals surface area contributed by atoms with Crippen molar-refractivity contribution in [3.05, 3.63) is 34.3 Å². The summed E-state index contributed by atoms with van der Waals surface area (Å²) in [5.74, 6) is 0.934. The molecule has 1 saturated carbocycles. The van der Waals surface area contributed by atoms with Gasteiger partial charge in [0, 0.05) is 24.0 Å². The molecule has 2 N–H and O–H groups in total. The molecule has 1 aliphatic carbocycles. The summed E-state index contributed by atoms with van der Waals surface area (Å²) >= 11 is 3.43. The quantitative estimate of drug-likeness (QED) is 0.837.